The van der Waals surface area contributed by atoms with Crippen LogP contribution in [0.2, 0.25) is 0 Å². The van der Waals surface area contributed by atoms with Crippen LogP contribution in [0, 0.1) is 15.9 Å². The molecule has 0 bridgehead atoms. The van der Waals surface area contributed by atoms with Gasteiger partial charge < -0.3 is 10.1 Å². The SMILES string of the molecule is COc1ccc([N+](=O)[O-])cc1NC(=O)/C=C/c1ccccc1F. The third kappa shape index (κ3) is 4.13. The lowest BCUT2D eigenvalue weighted by Crippen LogP contribution is -2.09. The maximum Gasteiger partial charge on any atom is 0.271 e. The van der Waals surface area contributed by atoms with Crippen LogP contribution in [-0.2, 0) is 4.79 Å². The zero-order valence-electron chi connectivity index (χ0n) is 12.2. The number of methoxy groups -OCH3 is 1. The molecule has 0 atom stereocenters. The Hall–Kier alpha value is -3.22. The molecular formula is C16H13FN2O4. The van der Waals surface area contributed by atoms with Gasteiger partial charge in [-0.25, -0.2) is 4.39 Å². The number of halogens is 1. The van der Waals surface area contributed by atoms with E-state index in [2.05, 4.69) is 5.32 Å². The maximum atomic E-state index is 13.4. The Kier molecular flexibility index (Phi) is 5.03. The number of benzene rings is 2. The number of carbonyl (C=O) groups excluding carboxylic acids is 1. The zero-order valence-corrected chi connectivity index (χ0v) is 12.2. The number of carbonyl (C=O) groups is 1. The fourth-order valence-corrected chi connectivity index (χ4v) is 1.86. The molecule has 0 fully saturated rings. The van der Waals surface area contributed by atoms with E-state index in [-0.39, 0.29) is 22.7 Å². The summed E-state index contributed by atoms with van der Waals surface area (Å²) in [7, 11) is 1.38. The fourth-order valence-electron chi connectivity index (χ4n) is 1.86. The smallest absolute Gasteiger partial charge is 0.271 e. The fraction of sp³-hybridized carbons (Fsp3) is 0.0625. The lowest BCUT2D eigenvalue weighted by molar-refractivity contribution is -0.384. The lowest BCUT2D eigenvalue weighted by atomic mass is 10.2. The quantitative estimate of drug-likeness (QED) is 0.521. The number of nitrogens with one attached hydrogen (secondary N) is 1. The minimum absolute atomic E-state index is 0.157. The third-order valence-electron chi connectivity index (χ3n) is 2.97. The number of amides is 1. The predicted molar refractivity (Wildman–Crippen MR) is 83.7 cm³/mol. The molecule has 1 N–H and O–H groups in total. The summed E-state index contributed by atoms with van der Waals surface area (Å²) in [6.07, 6.45) is 2.45. The molecule has 0 aliphatic rings. The van der Waals surface area contributed by atoms with Gasteiger partial charge in [-0.05, 0) is 18.2 Å². The molecule has 118 valence electrons. The van der Waals surface area contributed by atoms with Crippen molar-refractivity contribution < 1.29 is 18.8 Å². The Balaban J connectivity index is 2.18. The maximum absolute atomic E-state index is 13.4. The van der Waals surface area contributed by atoms with Gasteiger partial charge >= 0.3 is 0 Å². The number of anilines is 1. The van der Waals surface area contributed by atoms with E-state index in [1.54, 1.807) is 12.1 Å². The van der Waals surface area contributed by atoms with Crippen LogP contribution in [0.25, 0.3) is 6.08 Å². The topological polar surface area (TPSA) is 81.5 Å². The Morgan fingerprint density at radius 3 is 2.70 bits per heavy atom. The summed E-state index contributed by atoms with van der Waals surface area (Å²) < 4.78 is 18.5. The van der Waals surface area contributed by atoms with Crippen LogP contribution < -0.4 is 10.1 Å². The van der Waals surface area contributed by atoms with Crippen molar-refractivity contribution in [1.82, 2.24) is 0 Å². The first kappa shape index (κ1) is 16.2. The molecule has 0 radical (unpaired) electrons. The van der Waals surface area contributed by atoms with E-state index < -0.39 is 16.6 Å². The predicted octanol–water partition coefficient (Wildman–Crippen LogP) is 3.39. The second-order valence-corrected chi connectivity index (χ2v) is 4.49. The molecule has 2 aromatic carbocycles. The molecular weight excluding hydrogens is 303 g/mol. The monoisotopic (exact) mass is 316 g/mol. The number of hydrogen-bond acceptors (Lipinski definition) is 4. The number of nitro groups is 1. The van der Waals surface area contributed by atoms with E-state index in [1.807, 2.05) is 0 Å². The van der Waals surface area contributed by atoms with Crippen LogP contribution in [0.15, 0.2) is 48.5 Å². The van der Waals surface area contributed by atoms with Crippen molar-refractivity contribution in [2.75, 3.05) is 12.4 Å². The number of hydrogen-bond donors (Lipinski definition) is 1. The second-order valence-electron chi connectivity index (χ2n) is 4.49. The molecule has 6 nitrogen and oxygen atoms in total. The first-order chi connectivity index (χ1) is 11.0. The normalized spacial score (nSPS) is 10.5. The van der Waals surface area contributed by atoms with E-state index in [4.69, 9.17) is 4.74 Å². The van der Waals surface area contributed by atoms with E-state index in [1.165, 1.54) is 43.5 Å². The summed E-state index contributed by atoms with van der Waals surface area (Å²) in [6, 6.07) is 9.82. The van der Waals surface area contributed by atoms with Crippen molar-refractivity contribution in [2.45, 2.75) is 0 Å². The Labute approximate surface area is 131 Å². The summed E-state index contributed by atoms with van der Waals surface area (Å²) in [5, 5.41) is 13.3. The molecule has 0 aromatic heterocycles. The van der Waals surface area contributed by atoms with Gasteiger partial charge in [-0.1, -0.05) is 18.2 Å². The second kappa shape index (κ2) is 7.17. The highest BCUT2D eigenvalue weighted by Crippen LogP contribution is 2.28. The molecule has 0 heterocycles. The molecule has 0 unspecified atom stereocenters. The molecule has 2 aromatic rings. The highest BCUT2D eigenvalue weighted by molar-refractivity contribution is 6.03. The number of non-ortho nitro benzene ring substituents is 1. The van der Waals surface area contributed by atoms with E-state index in [9.17, 15) is 19.3 Å². The van der Waals surface area contributed by atoms with Crippen LogP contribution in [0.5, 0.6) is 5.75 Å². The van der Waals surface area contributed by atoms with Crippen molar-refractivity contribution in [3.05, 3.63) is 70.0 Å². The number of nitro benzene ring substituents is 1. The molecule has 1 amide bonds. The lowest BCUT2D eigenvalue weighted by Gasteiger charge is -2.08. The highest BCUT2D eigenvalue weighted by Gasteiger charge is 2.12. The van der Waals surface area contributed by atoms with E-state index in [0.717, 1.165) is 6.08 Å². The molecule has 0 saturated heterocycles. The first-order valence-corrected chi connectivity index (χ1v) is 6.57. The summed E-state index contributed by atoms with van der Waals surface area (Å²) in [5.74, 6) is -0.736. The van der Waals surface area contributed by atoms with Crippen molar-refractivity contribution in [2.24, 2.45) is 0 Å². The van der Waals surface area contributed by atoms with Gasteiger partial charge in [0.1, 0.15) is 11.6 Å². The zero-order chi connectivity index (χ0) is 16.8. The van der Waals surface area contributed by atoms with Gasteiger partial charge in [0.15, 0.2) is 0 Å². The minimum atomic E-state index is -0.579. The average Bonchev–Trinajstić information content (AvgIpc) is 2.54. The van der Waals surface area contributed by atoms with Crippen LogP contribution >= 0.6 is 0 Å². The summed E-state index contributed by atoms with van der Waals surface area (Å²) >= 11 is 0. The third-order valence-corrected chi connectivity index (χ3v) is 2.97. The van der Waals surface area contributed by atoms with Gasteiger partial charge in [0, 0.05) is 23.8 Å². The van der Waals surface area contributed by atoms with Gasteiger partial charge in [0.05, 0.1) is 17.7 Å². The largest absolute Gasteiger partial charge is 0.495 e. The molecule has 2 rings (SSSR count). The van der Waals surface area contributed by atoms with Crippen LogP contribution in [-0.4, -0.2) is 17.9 Å². The molecule has 0 saturated carbocycles. The molecule has 0 spiro atoms. The van der Waals surface area contributed by atoms with E-state index in [0.29, 0.717) is 0 Å². The van der Waals surface area contributed by atoms with Crippen LogP contribution in [0.4, 0.5) is 15.8 Å². The van der Waals surface area contributed by atoms with E-state index >= 15 is 0 Å². The van der Waals surface area contributed by atoms with Crippen molar-refractivity contribution in [1.29, 1.82) is 0 Å². The molecule has 0 aliphatic carbocycles. The van der Waals surface area contributed by atoms with Crippen molar-refractivity contribution >= 4 is 23.4 Å². The molecule has 0 aliphatic heterocycles. The van der Waals surface area contributed by atoms with Gasteiger partial charge in [0.2, 0.25) is 5.91 Å². The van der Waals surface area contributed by atoms with Gasteiger partial charge in [-0.2, -0.15) is 0 Å². The van der Waals surface area contributed by atoms with Crippen molar-refractivity contribution in [3.8, 4) is 5.75 Å². The molecule has 7 heteroatoms. The van der Waals surface area contributed by atoms with Crippen LogP contribution in [0.3, 0.4) is 0 Å². The number of ether oxygens (including phenoxy) is 1. The summed E-state index contributed by atoms with van der Waals surface area (Å²) in [5.41, 5.74) is 0.234. The van der Waals surface area contributed by atoms with Crippen molar-refractivity contribution in [3.63, 3.8) is 0 Å². The first-order valence-electron chi connectivity index (χ1n) is 6.57. The standard InChI is InChI=1S/C16H13FN2O4/c1-23-15-8-7-12(19(21)22)10-14(15)18-16(20)9-6-11-4-2-3-5-13(11)17/h2-10H,1H3,(H,18,20)/b9-6+. The van der Waals surface area contributed by atoms with Gasteiger partial charge in [-0.3, -0.25) is 14.9 Å². The summed E-state index contributed by atoms with van der Waals surface area (Å²) in [6.45, 7) is 0. The number of rotatable bonds is 5. The van der Waals surface area contributed by atoms with Gasteiger partial charge in [-0.15, -0.1) is 0 Å². The average molecular weight is 316 g/mol. The highest BCUT2D eigenvalue weighted by atomic mass is 19.1. The number of nitrogens with zero attached hydrogens (tertiary/aromatic N) is 1. The Bertz CT molecular complexity index is 774. The minimum Gasteiger partial charge on any atom is -0.495 e. The Morgan fingerprint density at radius 1 is 1.30 bits per heavy atom. The van der Waals surface area contributed by atoms with Crippen LogP contribution in [0.1, 0.15) is 5.56 Å². The summed E-state index contributed by atoms with van der Waals surface area (Å²) in [4.78, 5) is 22.1. The molecule has 23 heavy (non-hydrogen) atoms. The Morgan fingerprint density at radius 2 is 2.04 bits per heavy atom. The van der Waals surface area contributed by atoms with Gasteiger partial charge in [0.25, 0.3) is 5.69 Å².